The number of methoxy groups -OCH3 is 2. The zero-order chi connectivity index (χ0) is 19.5. The highest BCUT2D eigenvalue weighted by molar-refractivity contribution is 5.91. The van der Waals surface area contributed by atoms with Gasteiger partial charge < -0.3 is 14.8 Å². The van der Waals surface area contributed by atoms with Crippen molar-refractivity contribution in [3.63, 3.8) is 0 Å². The summed E-state index contributed by atoms with van der Waals surface area (Å²) in [4.78, 5) is 9.15. The topological polar surface area (TPSA) is 56.3 Å². The summed E-state index contributed by atoms with van der Waals surface area (Å²) >= 11 is 0. The van der Waals surface area contributed by atoms with Crippen LogP contribution in [0.2, 0.25) is 0 Å². The fourth-order valence-corrected chi connectivity index (χ4v) is 3.23. The molecule has 5 heteroatoms. The number of benzene rings is 2. The molecule has 28 heavy (non-hydrogen) atoms. The summed E-state index contributed by atoms with van der Waals surface area (Å²) in [6.45, 7) is 2.58. The average Bonchev–Trinajstić information content (AvgIpc) is 3.54. The minimum atomic E-state index is 0.661. The molecule has 1 aliphatic carbocycles. The van der Waals surface area contributed by atoms with E-state index in [1.165, 1.54) is 24.0 Å². The minimum Gasteiger partial charge on any atom is -0.493 e. The summed E-state index contributed by atoms with van der Waals surface area (Å²) in [6.07, 6.45) is 7.19. The molecule has 1 saturated carbocycles. The van der Waals surface area contributed by atoms with E-state index in [1.807, 2.05) is 19.1 Å². The number of rotatable bonds is 7. The van der Waals surface area contributed by atoms with Crippen LogP contribution in [0.1, 0.15) is 29.8 Å². The number of fused-ring (bicyclic) bond motifs is 1. The molecule has 0 atom stereocenters. The summed E-state index contributed by atoms with van der Waals surface area (Å²) < 4.78 is 10.8. The van der Waals surface area contributed by atoms with Crippen molar-refractivity contribution in [3.8, 4) is 11.5 Å². The number of hydrogen-bond donors (Lipinski definition) is 1. The third kappa shape index (κ3) is 4.09. The van der Waals surface area contributed by atoms with Crippen LogP contribution in [0.3, 0.4) is 0 Å². The summed E-state index contributed by atoms with van der Waals surface area (Å²) in [5.41, 5.74) is 3.28. The molecule has 1 heterocycles. The second-order valence-corrected chi connectivity index (χ2v) is 7.14. The molecule has 3 aromatic rings. The van der Waals surface area contributed by atoms with Crippen molar-refractivity contribution in [1.82, 2.24) is 9.97 Å². The van der Waals surface area contributed by atoms with Gasteiger partial charge in [0.05, 0.1) is 19.7 Å². The first-order valence-corrected chi connectivity index (χ1v) is 9.57. The van der Waals surface area contributed by atoms with Gasteiger partial charge in [0.2, 0.25) is 0 Å². The number of aromatic nitrogens is 2. The van der Waals surface area contributed by atoms with Gasteiger partial charge in [-0.15, -0.1) is 0 Å². The van der Waals surface area contributed by atoms with Crippen LogP contribution >= 0.6 is 0 Å². The van der Waals surface area contributed by atoms with Gasteiger partial charge in [-0.25, -0.2) is 9.97 Å². The number of hydrogen-bond acceptors (Lipinski definition) is 5. The fourth-order valence-electron chi connectivity index (χ4n) is 3.23. The Morgan fingerprint density at radius 2 is 1.86 bits per heavy atom. The van der Waals surface area contributed by atoms with Gasteiger partial charge >= 0.3 is 0 Å². The molecule has 144 valence electrons. The molecule has 1 aromatic heterocycles. The van der Waals surface area contributed by atoms with Gasteiger partial charge in [0.1, 0.15) is 11.6 Å². The number of nitrogens with one attached hydrogen (secondary N) is 1. The zero-order valence-electron chi connectivity index (χ0n) is 16.5. The van der Waals surface area contributed by atoms with Crippen molar-refractivity contribution in [2.75, 3.05) is 19.5 Å². The number of allylic oxidation sites excluding steroid dienone is 1. The van der Waals surface area contributed by atoms with E-state index >= 15 is 0 Å². The van der Waals surface area contributed by atoms with E-state index in [9.17, 15) is 0 Å². The Balaban J connectivity index is 1.59. The Morgan fingerprint density at radius 3 is 2.61 bits per heavy atom. The highest BCUT2D eigenvalue weighted by atomic mass is 16.5. The summed E-state index contributed by atoms with van der Waals surface area (Å²) in [5, 5.41) is 4.38. The van der Waals surface area contributed by atoms with Crippen LogP contribution in [-0.2, 0) is 6.54 Å². The van der Waals surface area contributed by atoms with Gasteiger partial charge in [0.25, 0.3) is 0 Å². The number of aryl methyl sites for hydroxylation is 1. The third-order valence-electron chi connectivity index (χ3n) is 4.91. The lowest BCUT2D eigenvalue weighted by molar-refractivity contribution is 0.356. The Labute approximate surface area is 165 Å². The summed E-state index contributed by atoms with van der Waals surface area (Å²) in [6, 6.07) is 12.4. The largest absolute Gasteiger partial charge is 0.493 e. The highest BCUT2D eigenvalue weighted by Gasteiger charge is 2.17. The monoisotopic (exact) mass is 375 g/mol. The first kappa shape index (κ1) is 18.3. The molecule has 4 rings (SSSR count). The third-order valence-corrected chi connectivity index (χ3v) is 4.91. The molecule has 5 nitrogen and oxygen atoms in total. The Kier molecular flexibility index (Phi) is 5.15. The van der Waals surface area contributed by atoms with E-state index < -0.39 is 0 Å². The molecule has 0 spiro atoms. The summed E-state index contributed by atoms with van der Waals surface area (Å²) in [7, 11) is 3.26. The molecule has 0 radical (unpaired) electrons. The molecule has 1 aliphatic rings. The van der Waals surface area contributed by atoms with Crippen molar-refractivity contribution in [3.05, 3.63) is 59.4 Å². The maximum Gasteiger partial charge on any atom is 0.162 e. The fraction of sp³-hybridized carbons (Fsp3) is 0.304. The van der Waals surface area contributed by atoms with E-state index in [-0.39, 0.29) is 0 Å². The van der Waals surface area contributed by atoms with Crippen LogP contribution in [0.4, 0.5) is 5.82 Å². The smallest absolute Gasteiger partial charge is 0.162 e. The molecule has 0 saturated heterocycles. The molecule has 1 N–H and O–H groups in total. The SMILES string of the molecule is COc1cc2nc(C)nc(NCc3cccc(/C=C/C4CC4)c3)c2cc1OC. The first-order chi connectivity index (χ1) is 13.7. The van der Waals surface area contributed by atoms with Gasteiger partial charge in [0.15, 0.2) is 11.5 Å². The quantitative estimate of drug-likeness (QED) is 0.630. The van der Waals surface area contributed by atoms with E-state index in [0.29, 0.717) is 23.9 Å². The van der Waals surface area contributed by atoms with Crippen LogP contribution in [0.15, 0.2) is 42.5 Å². The Hall–Kier alpha value is -3.08. The molecule has 0 bridgehead atoms. The van der Waals surface area contributed by atoms with Crippen LogP contribution < -0.4 is 14.8 Å². The van der Waals surface area contributed by atoms with Crippen LogP contribution in [0.25, 0.3) is 17.0 Å². The Bertz CT molecular complexity index is 1030. The van der Waals surface area contributed by atoms with E-state index in [0.717, 1.165) is 22.6 Å². The minimum absolute atomic E-state index is 0.661. The van der Waals surface area contributed by atoms with E-state index in [2.05, 4.69) is 51.7 Å². The highest BCUT2D eigenvalue weighted by Crippen LogP contribution is 2.34. The predicted molar refractivity (Wildman–Crippen MR) is 113 cm³/mol. The lowest BCUT2D eigenvalue weighted by Gasteiger charge is -2.13. The second kappa shape index (κ2) is 7.89. The van der Waals surface area contributed by atoms with E-state index in [4.69, 9.17) is 9.47 Å². The van der Waals surface area contributed by atoms with E-state index in [1.54, 1.807) is 14.2 Å². The lowest BCUT2D eigenvalue weighted by atomic mass is 10.1. The van der Waals surface area contributed by atoms with Gasteiger partial charge in [-0.05, 0) is 48.9 Å². The predicted octanol–water partition coefficient (Wildman–Crippen LogP) is 4.99. The summed E-state index contributed by atoms with van der Waals surface area (Å²) in [5.74, 6) is 3.61. The zero-order valence-corrected chi connectivity index (χ0v) is 16.5. The first-order valence-electron chi connectivity index (χ1n) is 9.57. The van der Waals surface area contributed by atoms with Crippen molar-refractivity contribution < 1.29 is 9.47 Å². The molecule has 0 aliphatic heterocycles. The standard InChI is InChI=1S/C23H25N3O2/c1-15-25-20-13-22(28-3)21(27-2)12-19(20)23(26-15)24-14-18-6-4-5-17(11-18)10-9-16-7-8-16/h4-6,9-13,16H,7-8,14H2,1-3H3,(H,24,25,26)/b10-9+. The number of ether oxygens (including phenoxy) is 2. The van der Waals surface area contributed by atoms with Crippen molar-refractivity contribution in [2.24, 2.45) is 5.92 Å². The van der Waals surface area contributed by atoms with Gasteiger partial charge in [-0.3, -0.25) is 0 Å². The molecule has 1 fully saturated rings. The number of anilines is 1. The van der Waals surface area contributed by atoms with Gasteiger partial charge in [0, 0.05) is 18.0 Å². The van der Waals surface area contributed by atoms with Crippen molar-refractivity contribution in [1.29, 1.82) is 0 Å². The van der Waals surface area contributed by atoms with Gasteiger partial charge in [-0.1, -0.05) is 30.4 Å². The molecule has 0 unspecified atom stereocenters. The lowest BCUT2D eigenvalue weighted by Crippen LogP contribution is -2.05. The molecule has 0 amide bonds. The van der Waals surface area contributed by atoms with Crippen molar-refractivity contribution >= 4 is 22.8 Å². The van der Waals surface area contributed by atoms with Gasteiger partial charge in [-0.2, -0.15) is 0 Å². The molecule has 2 aromatic carbocycles. The van der Waals surface area contributed by atoms with Crippen LogP contribution in [-0.4, -0.2) is 24.2 Å². The number of nitrogens with zero attached hydrogens (tertiary/aromatic N) is 2. The maximum absolute atomic E-state index is 5.44. The Morgan fingerprint density at radius 1 is 1.07 bits per heavy atom. The molecular weight excluding hydrogens is 350 g/mol. The van der Waals surface area contributed by atoms with Crippen LogP contribution in [0, 0.1) is 12.8 Å². The maximum atomic E-state index is 5.44. The molecular formula is C23H25N3O2. The average molecular weight is 375 g/mol. The van der Waals surface area contributed by atoms with Crippen molar-refractivity contribution in [2.45, 2.75) is 26.3 Å². The second-order valence-electron chi connectivity index (χ2n) is 7.14. The van der Waals surface area contributed by atoms with Crippen LogP contribution in [0.5, 0.6) is 11.5 Å². The normalized spacial score (nSPS) is 13.8.